The standard InChI is InChI=1S/C22H30N6O3/c1-14(29)27(4)13-16-11-20(26(2)3)24-21(23-16)18-7-5-6-10-28(18)22(30)17-12-19(31-25-17)15-8-9-15/h11-12,15,18H,5-10,13H2,1-4H3/t18-/m1/s1. The van der Waals surface area contributed by atoms with Gasteiger partial charge < -0.3 is 19.2 Å². The maximum absolute atomic E-state index is 13.3. The molecule has 2 aromatic rings. The molecule has 2 fully saturated rings. The molecule has 0 bridgehead atoms. The SMILES string of the molecule is CC(=O)N(C)Cc1cc(N(C)C)nc([C@H]2CCCCN2C(=O)c2cc(C3CC3)on2)n1. The van der Waals surface area contributed by atoms with Crippen molar-refractivity contribution in [1.82, 2.24) is 24.9 Å². The minimum Gasteiger partial charge on any atom is -0.363 e. The van der Waals surface area contributed by atoms with Gasteiger partial charge >= 0.3 is 0 Å². The van der Waals surface area contributed by atoms with Gasteiger partial charge in [0, 0.05) is 52.7 Å². The van der Waals surface area contributed by atoms with E-state index in [1.807, 2.05) is 30.0 Å². The highest BCUT2D eigenvalue weighted by atomic mass is 16.5. The van der Waals surface area contributed by atoms with Gasteiger partial charge in [0.15, 0.2) is 11.5 Å². The number of nitrogens with zero attached hydrogens (tertiary/aromatic N) is 6. The zero-order valence-electron chi connectivity index (χ0n) is 18.7. The second-order valence-electron chi connectivity index (χ2n) is 8.74. The lowest BCUT2D eigenvalue weighted by Gasteiger charge is -2.34. The molecule has 0 radical (unpaired) electrons. The molecule has 2 amide bonds. The van der Waals surface area contributed by atoms with Crippen molar-refractivity contribution in [2.75, 3.05) is 32.6 Å². The molecule has 4 rings (SSSR count). The number of anilines is 1. The highest BCUT2D eigenvalue weighted by molar-refractivity contribution is 5.92. The van der Waals surface area contributed by atoms with Gasteiger partial charge in [-0.3, -0.25) is 9.59 Å². The van der Waals surface area contributed by atoms with Gasteiger partial charge in [0.05, 0.1) is 18.3 Å². The Hall–Kier alpha value is -2.97. The second-order valence-corrected chi connectivity index (χ2v) is 8.74. The van der Waals surface area contributed by atoms with Crippen molar-refractivity contribution in [2.24, 2.45) is 0 Å². The molecule has 0 N–H and O–H groups in total. The van der Waals surface area contributed by atoms with Crippen LogP contribution in [0.3, 0.4) is 0 Å². The van der Waals surface area contributed by atoms with E-state index in [0.29, 0.717) is 30.5 Å². The van der Waals surface area contributed by atoms with Crippen LogP contribution in [-0.4, -0.2) is 64.4 Å². The molecule has 3 heterocycles. The van der Waals surface area contributed by atoms with Gasteiger partial charge in [0.25, 0.3) is 5.91 Å². The van der Waals surface area contributed by atoms with Gasteiger partial charge in [-0.25, -0.2) is 9.97 Å². The maximum Gasteiger partial charge on any atom is 0.276 e. The van der Waals surface area contributed by atoms with Crippen molar-refractivity contribution in [3.8, 4) is 0 Å². The van der Waals surface area contributed by atoms with Crippen molar-refractivity contribution in [1.29, 1.82) is 0 Å². The molecule has 0 unspecified atom stereocenters. The van der Waals surface area contributed by atoms with E-state index in [0.717, 1.165) is 49.4 Å². The Labute approximate surface area is 182 Å². The highest BCUT2D eigenvalue weighted by Gasteiger charge is 2.34. The van der Waals surface area contributed by atoms with E-state index in [9.17, 15) is 9.59 Å². The number of rotatable bonds is 6. The summed E-state index contributed by atoms with van der Waals surface area (Å²) in [7, 11) is 5.59. The Morgan fingerprint density at radius 2 is 1.90 bits per heavy atom. The number of aromatic nitrogens is 3. The Morgan fingerprint density at radius 3 is 2.58 bits per heavy atom. The molecule has 0 aromatic carbocycles. The van der Waals surface area contributed by atoms with Crippen LogP contribution in [0.25, 0.3) is 0 Å². The number of carbonyl (C=O) groups is 2. The summed E-state index contributed by atoms with van der Waals surface area (Å²) >= 11 is 0. The van der Waals surface area contributed by atoms with Crippen molar-refractivity contribution in [3.63, 3.8) is 0 Å². The predicted molar refractivity (Wildman–Crippen MR) is 115 cm³/mol. The molecule has 31 heavy (non-hydrogen) atoms. The second kappa shape index (κ2) is 8.64. The third-order valence-corrected chi connectivity index (χ3v) is 5.97. The third kappa shape index (κ3) is 4.70. The Balaban J connectivity index is 1.63. The first-order chi connectivity index (χ1) is 14.8. The summed E-state index contributed by atoms with van der Waals surface area (Å²) in [6.07, 6.45) is 4.91. The van der Waals surface area contributed by atoms with Gasteiger partial charge in [0.2, 0.25) is 5.91 Å². The summed E-state index contributed by atoms with van der Waals surface area (Å²) in [4.78, 5) is 39.9. The average Bonchev–Trinajstić information content (AvgIpc) is 3.49. The van der Waals surface area contributed by atoms with E-state index >= 15 is 0 Å². The smallest absolute Gasteiger partial charge is 0.276 e. The molecule has 2 aliphatic rings. The summed E-state index contributed by atoms with van der Waals surface area (Å²) < 4.78 is 5.40. The van der Waals surface area contributed by atoms with Gasteiger partial charge in [-0.05, 0) is 32.1 Å². The van der Waals surface area contributed by atoms with Crippen molar-refractivity contribution in [3.05, 3.63) is 35.1 Å². The quantitative estimate of drug-likeness (QED) is 0.701. The molecule has 1 atom stereocenters. The predicted octanol–water partition coefficient (Wildman–Crippen LogP) is 2.75. The Bertz CT molecular complexity index is 968. The molecule has 0 spiro atoms. The molecule has 9 nitrogen and oxygen atoms in total. The molecule has 166 valence electrons. The molecule has 9 heteroatoms. The van der Waals surface area contributed by atoms with E-state index in [4.69, 9.17) is 14.5 Å². The van der Waals surface area contributed by atoms with E-state index in [1.165, 1.54) is 6.92 Å². The summed E-state index contributed by atoms with van der Waals surface area (Å²) in [5, 5.41) is 4.04. The number of hydrogen-bond donors (Lipinski definition) is 0. The molecular weight excluding hydrogens is 396 g/mol. The fourth-order valence-corrected chi connectivity index (χ4v) is 3.86. The summed E-state index contributed by atoms with van der Waals surface area (Å²) in [5.74, 6) is 2.41. The fraction of sp³-hybridized carbons (Fsp3) is 0.591. The van der Waals surface area contributed by atoms with Crippen LogP contribution in [0.2, 0.25) is 0 Å². The van der Waals surface area contributed by atoms with Crippen LogP contribution in [0.4, 0.5) is 5.82 Å². The summed E-state index contributed by atoms with van der Waals surface area (Å²) in [6, 6.07) is 3.44. The lowest BCUT2D eigenvalue weighted by atomic mass is 10.0. The monoisotopic (exact) mass is 426 g/mol. The van der Waals surface area contributed by atoms with Gasteiger partial charge in [-0.15, -0.1) is 0 Å². The molecular formula is C22H30N6O3. The molecule has 1 saturated carbocycles. The molecule has 1 aliphatic carbocycles. The van der Waals surface area contributed by atoms with E-state index in [2.05, 4.69) is 5.16 Å². The third-order valence-electron chi connectivity index (χ3n) is 5.97. The van der Waals surface area contributed by atoms with Crippen LogP contribution in [0.5, 0.6) is 0 Å². The largest absolute Gasteiger partial charge is 0.363 e. The van der Waals surface area contributed by atoms with Crippen LogP contribution in [0.1, 0.15) is 78.8 Å². The first kappa shape index (κ1) is 21.3. The minimum absolute atomic E-state index is 0.0291. The van der Waals surface area contributed by atoms with Crippen molar-refractivity contribution >= 4 is 17.6 Å². The number of amides is 2. The maximum atomic E-state index is 13.3. The average molecular weight is 427 g/mol. The van der Waals surface area contributed by atoms with E-state index < -0.39 is 0 Å². The number of piperidine rings is 1. The number of likely N-dealkylation sites (tertiary alicyclic amines) is 1. The fourth-order valence-electron chi connectivity index (χ4n) is 3.86. The minimum atomic E-state index is -0.233. The zero-order chi connectivity index (χ0) is 22.1. The summed E-state index contributed by atoms with van der Waals surface area (Å²) in [5.41, 5.74) is 1.11. The normalized spacial score (nSPS) is 18.7. The zero-order valence-corrected chi connectivity index (χ0v) is 18.7. The number of hydrogen-bond acceptors (Lipinski definition) is 7. The van der Waals surface area contributed by atoms with E-state index in [1.54, 1.807) is 18.0 Å². The van der Waals surface area contributed by atoms with Crippen LogP contribution in [0.15, 0.2) is 16.7 Å². The first-order valence-electron chi connectivity index (χ1n) is 10.9. The Morgan fingerprint density at radius 1 is 1.13 bits per heavy atom. The molecule has 2 aromatic heterocycles. The molecule has 1 saturated heterocycles. The first-order valence-corrected chi connectivity index (χ1v) is 10.9. The van der Waals surface area contributed by atoms with E-state index in [-0.39, 0.29) is 17.9 Å². The summed E-state index contributed by atoms with van der Waals surface area (Å²) in [6.45, 7) is 2.55. The van der Waals surface area contributed by atoms with Crippen LogP contribution >= 0.6 is 0 Å². The van der Waals surface area contributed by atoms with Crippen molar-refractivity contribution < 1.29 is 14.1 Å². The van der Waals surface area contributed by atoms with Gasteiger partial charge in [0.1, 0.15) is 11.6 Å². The lowest BCUT2D eigenvalue weighted by molar-refractivity contribution is -0.128. The molecule has 1 aliphatic heterocycles. The van der Waals surface area contributed by atoms with Crippen LogP contribution in [0, 0.1) is 0 Å². The lowest BCUT2D eigenvalue weighted by Crippen LogP contribution is -2.39. The number of carbonyl (C=O) groups excluding carboxylic acids is 2. The van der Waals surface area contributed by atoms with Gasteiger partial charge in [-0.2, -0.15) is 0 Å². The topological polar surface area (TPSA) is 95.7 Å². The van der Waals surface area contributed by atoms with Crippen LogP contribution in [-0.2, 0) is 11.3 Å². The van der Waals surface area contributed by atoms with Crippen molar-refractivity contribution in [2.45, 2.75) is 57.5 Å². The highest BCUT2D eigenvalue weighted by Crippen LogP contribution is 2.40. The van der Waals surface area contributed by atoms with Crippen LogP contribution < -0.4 is 4.90 Å². The Kier molecular flexibility index (Phi) is 5.93. The van der Waals surface area contributed by atoms with Gasteiger partial charge in [-0.1, -0.05) is 5.16 Å².